The summed E-state index contributed by atoms with van der Waals surface area (Å²) in [4.78, 5) is 4.33. The maximum Gasteiger partial charge on any atom is 0.150 e. The number of aryl methyl sites for hydroxylation is 1. The van der Waals surface area contributed by atoms with Crippen LogP contribution in [0.4, 0.5) is 10.1 Å². The maximum absolute atomic E-state index is 14.8. The fourth-order valence-corrected chi connectivity index (χ4v) is 5.19. The van der Waals surface area contributed by atoms with Gasteiger partial charge in [-0.25, -0.2) is 9.07 Å². The lowest BCUT2D eigenvalue weighted by molar-refractivity contribution is -0.0369. The summed E-state index contributed by atoms with van der Waals surface area (Å²) in [5, 5.41) is 18.0. The Kier molecular flexibility index (Phi) is 5.16. The van der Waals surface area contributed by atoms with Crippen LogP contribution in [0.5, 0.6) is 0 Å². The molecular weight excluding hydrogens is 463 g/mol. The van der Waals surface area contributed by atoms with Crippen LogP contribution in [0.2, 0.25) is 0 Å². The lowest BCUT2D eigenvalue weighted by Gasteiger charge is -2.24. The normalized spacial score (nSPS) is 18.0. The molecule has 1 aliphatic heterocycles. The molecule has 0 radical (unpaired) electrons. The molecule has 1 saturated heterocycles. The van der Waals surface area contributed by atoms with Crippen LogP contribution in [0.3, 0.4) is 0 Å². The summed E-state index contributed by atoms with van der Waals surface area (Å²) < 4.78 is 23.0. The molecule has 6 nitrogen and oxygen atoms in total. The number of nitrogen functional groups attached to an aromatic ring is 1. The smallest absolute Gasteiger partial charge is 0.150 e. The van der Waals surface area contributed by atoms with E-state index in [9.17, 15) is 9.50 Å². The number of nitrogens with two attached hydrogens (primary N) is 1. The molecule has 2 aromatic heterocycles. The van der Waals surface area contributed by atoms with Gasteiger partial charge in [0.25, 0.3) is 0 Å². The first-order valence-corrected chi connectivity index (χ1v) is 11.0. The number of nitrogens with zero attached hydrogens (tertiary/aromatic N) is 3. The van der Waals surface area contributed by atoms with Gasteiger partial charge in [0.15, 0.2) is 6.23 Å². The molecule has 0 saturated carbocycles. The van der Waals surface area contributed by atoms with Crippen molar-refractivity contribution in [2.45, 2.75) is 38.5 Å². The van der Waals surface area contributed by atoms with Crippen LogP contribution < -0.4 is 5.73 Å². The second-order valence-electron chi connectivity index (χ2n) is 7.89. The minimum absolute atomic E-state index is 0.302. The fraction of sp³-hybridized carbons (Fsp3) is 0.304. The van der Waals surface area contributed by atoms with Gasteiger partial charge >= 0.3 is 0 Å². The Hall–Kier alpha value is -2.55. The number of rotatable bonds is 3. The standard InChI is InChI=1S/C23H22BrFN4O2/c1-12-20-14(7-8-27-12)21(26)15(10-17(20)24)23(30)13-5-6-18(25)22-16(13)11-28-29(22)19-4-2-3-9-31-19/h5-8,10-11,19,23,30H,2-4,9,26H2,1H3. The van der Waals surface area contributed by atoms with Gasteiger partial charge in [0.05, 0.1) is 6.20 Å². The molecule has 8 heteroatoms. The number of hydrogen-bond donors (Lipinski definition) is 2. The zero-order valence-corrected chi connectivity index (χ0v) is 18.6. The van der Waals surface area contributed by atoms with E-state index in [0.717, 1.165) is 40.2 Å². The molecule has 31 heavy (non-hydrogen) atoms. The monoisotopic (exact) mass is 484 g/mol. The predicted octanol–water partition coefficient (Wildman–Crippen LogP) is 5.16. The molecule has 2 unspecified atom stereocenters. The van der Waals surface area contributed by atoms with Crippen molar-refractivity contribution in [2.24, 2.45) is 0 Å². The van der Waals surface area contributed by atoms with Gasteiger partial charge in [-0.05, 0) is 49.9 Å². The van der Waals surface area contributed by atoms with Crippen molar-refractivity contribution >= 4 is 43.3 Å². The molecule has 5 rings (SSSR count). The molecule has 1 aliphatic rings. The number of aliphatic hydroxyl groups is 1. The second kappa shape index (κ2) is 7.85. The Bertz CT molecular complexity index is 1300. The van der Waals surface area contributed by atoms with Gasteiger partial charge in [-0.3, -0.25) is 4.98 Å². The second-order valence-corrected chi connectivity index (χ2v) is 8.75. The average molecular weight is 485 g/mol. The molecule has 0 spiro atoms. The number of aliphatic hydroxyl groups excluding tert-OH is 1. The van der Waals surface area contributed by atoms with E-state index >= 15 is 0 Å². The van der Waals surface area contributed by atoms with Crippen molar-refractivity contribution in [3.63, 3.8) is 0 Å². The van der Waals surface area contributed by atoms with Crippen LogP contribution >= 0.6 is 15.9 Å². The molecular formula is C23H22BrFN4O2. The molecule has 4 aromatic rings. The van der Waals surface area contributed by atoms with Gasteiger partial charge < -0.3 is 15.6 Å². The van der Waals surface area contributed by atoms with Gasteiger partial charge in [-0.2, -0.15) is 5.10 Å². The summed E-state index contributed by atoms with van der Waals surface area (Å²) in [6.45, 7) is 2.54. The van der Waals surface area contributed by atoms with E-state index in [1.165, 1.54) is 6.07 Å². The van der Waals surface area contributed by atoms with Crippen LogP contribution in [0.25, 0.3) is 21.7 Å². The van der Waals surface area contributed by atoms with Gasteiger partial charge in [-0.1, -0.05) is 22.0 Å². The van der Waals surface area contributed by atoms with Crippen molar-refractivity contribution in [3.05, 3.63) is 63.8 Å². The van der Waals surface area contributed by atoms with Gasteiger partial charge in [-0.15, -0.1) is 0 Å². The third-order valence-corrected chi connectivity index (χ3v) is 6.65. The topological polar surface area (TPSA) is 86.2 Å². The molecule has 2 atom stereocenters. The number of anilines is 1. The summed E-state index contributed by atoms with van der Waals surface area (Å²) in [6, 6.07) is 6.59. The number of benzene rings is 2. The first kappa shape index (κ1) is 20.4. The maximum atomic E-state index is 14.8. The summed E-state index contributed by atoms with van der Waals surface area (Å²) in [5.74, 6) is -0.396. The average Bonchev–Trinajstić information content (AvgIpc) is 3.23. The van der Waals surface area contributed by atoms with Crippen LogP contribution in [0.1, 0.15) is 48.4 Å². The lowest BCUT2D eigenvalue weighted by atomic mass is 9.94. The molecule has 0 amide bonds. The van der Waals surface area contributed by atoms with E-state index in [-0.39, 0.29) is 6.23 Å². The highest BCUT2D eigenvalue weighted by atomic mass is 79.9. The van der Waals surface area contributed by atoms with E-state index in [0.29, 0.717) is 34.3 Å². The van der Waals surface area contributed by atoms with E-state index in [1.807, 2.05) is 13.0 Å². The number of halogens is 2. The molecule has 160 valence electrons. The van der Waals surface area contributed by atoms with Crippen molar-refractivity contribution in [2.75, 3.05) is 12.3 Å². The molecule has 1 fully saturated rings. The highest BCUT2D eigenvalue weighted by molar-refractivity contribution is 9.10. The van der Waals surface area contributed by atoms with E-state index in [4.69, 9.17) is 10.5 Å². The first-order chi connectivity index (χ1) is 15.0. The van der Waals surface area contributed by atoms with Gasteiger partial charge in [0.2, 0.25) is 0 Å². The van der Waals surface area contributed by atoms with Crippen molar-refractivity contribution in [3.8, 4) is 0 Å². The SMILES string of the molecule is Cc1nccc2c(N)c(C(O)c3ccc(F)c4c3cnn4C3CCCCO3)cc(Br)c12. The Morgan fingerprint density at radius 1 is 1.26 bits per heavy atom. The summed E-state index contributed by atoms with van der Waals surface area (Å²) in [6.07, 6.45) is 4.71. The van der Waals surface area contributed by atoms with Crippen LogP contribution in [0, 0.1) is 12.7 Å². The zero-order valence-electron chi connectivity index (χ0n) is 17.0. The molecule has 0 aliphatic carbocycles. The molecule has 3 N–H and O–H groups in total. The number of hydrogen-bond acceptors (Lipinski definition) is 5. The first-order valence-electron chi connectivity index (χ1n) is 10.3. The number of ether oxygens (including phenoxy) is 1. The minimum Gasteiger partial charge on any atom is -0.398 e. The summed E-state index contributed by atoms with van der Waals surface area (Å²) >= 11 is 3.59. The molecule has 3 heterocycles. The van der Waals surface area contributed by atoms with E-state index < -0.39 is 11.9 Å². The highest BCUT2D eigenvalue weighted by Crippen LogP contribution is 2.40. The third-order valence-electron chi connectivity index (χ3n) is 6.02. The number of pyridine rings is 1. The van der Waals surface area contributed by atoms with Crippen LogP contribution in [0.15, 0.2) is 41.1 Å². The van der Waals surface area contributed by atoms with Crippen molar-refractivity contribution < 1.29 is 14.2 Å². The number of fused-ring (bicyclic) bond motifs is 2. The summed E-state index contributed by atoms with van der Waals surface area (Å²) in [7, 11) is 0. The highest BCUT2D eigenvalue weighted by Gasteiger charge is 2.25. The summed E-state index contributed by atoms with van der Waals surface area (Å²) in [5.41, 5.74) is 9.20. The lowest BCUT2D eigenvalue weighted by Crippen LogP contribution is -2.19. The third kappa shape index (κ3) is 3.30. The minimum atomic E-state index is -1.05. The Morgan fingerprint density at radius 3 is 2.87 bits per heavy atom. The number of aromatic nitrogens is 3. The molecule has 2 aromatic carbocycles. The van der Waals surface area contributed by atoms with Crippen molar-refractivity contribution in [1.29, 1.82) is 0 Å². The van der Waals surface area contributed by atoms with Gasteiger partial charge in [0, 0.05) is 50.4 Å². The van der Waals surface area contributed by atoms with Gasteiger partial charge in [0.1, 0.15) is 17.4 Å². The Labute approximate surface area is 187 Å². The largest absolute Gasteiger partial charge is 0.398 e. The van der Waals surface area contributed by atoms with Crippen LogP contribution in [-0.4, -0.2) is 26.5 Å². The zero-order chi connectivity index (χ0) is 21.7. The van der Waals surface area contributed by atoms with E-state index in [2.05, 4.69) is 26.0 Å². The quantitative estimate of drug-likeness (QED) is 0.392. The predicted molar refractivity (Wildman–Crippen MR) is 121 cm³/mol. The molecule has 0 bridgehead atoms. The fourth-order valence-electron chi connectivity index (χ4n) is 4.44. The Morgan fingerprint density at radius 2 is 2.10 bits per heavy atom. The Balaban J connectivity index is 1.66. The van der Waals surface area contributed by atoms with Crippen LogP contribution in [-0.2, 0) is 4.74 Å². The van der Waals surface area contributed by atoms with Crippen molar-refractivity contribution in [1.82, 2.24) is 14.8 Å². The van der Waals surface area contributed by atoms with E-state index in [1.54, 1.807) is 29.2 Å².